The van der Waals surface area contributed by atoms with Crippen molar-refractivity contribution in [3.63, 3.8) is 0 Å². The first kappa shape index (κ1) is 28.3. The summed E-state index contributed by atoms with van der Waals surface area (Å²) in [6, 6.07) is 8.64. The van der Waals surface area contributed by atoms with Crippen LogP contribution in [-0.4, -0.2) is 58.7 Å². The number of ether oxygens (including phenoxy) is 1. The Hall–Kier alpha value is -3.23. The molecule has 2 aliphatic rings. The maximum atomic E-state index is 13.4. The van der Waals surface area contributed by atoms with Crippen molar-refractivity contribution in [2.45, 2.75) is 49.2 Å². The molecule has 2 heterocycles. The van der Waals surface area contributed by atoms with Crippen LogP contribution < -0.4 is 10.2 Å². The van der Waals surface area contributed by atoms with Crippen LogP contribution in [0.25, 0.3) is 0 Å². The second-order valence-corrected chi connectivity index (χ2v) is 10.5. The minimum absolute atomic E-state index is 0.0799. The zero-order valence-electron chi connectivity index (χ0n) is 19.5. The Labute approximate surface area is 211 Å². The number of aromatic nitrogens is 1. The molecule has 1 saturated carbocycles. The van der Waals surface area contributed by atoms with Crippen molar-refractivity contribution in [3.05, 3.63) is 48.8 Å². The van der Waals surface area contributed by atoms with Crippen LogP contribution in [-0.2, 0) is 19.6 Å². The van der Waals surface area contributed by atoms with E-state index in [4.69, 9.17) is 14.6 Å². The monoisotopic (exact) mass is 545 g/mol. The van der Waals surface area contributed by atoms with Crippen LogP contribution in [0.15, 0.2) is 53.7 Å². The van der Waals surface area contributed by atoms with Gasteiger partial charge in [-0.3, -0.25) is 15.0 Å². The molecule has 1 saturated heterocycles. The number of piperidine rings is 1. The number of sulfonamides is 1. The summed E-state index contributed by atoms with van der Waals surface area (Å²) < 4.78 is 65.4. The third kappa shape index (κ3) is 6.96. The third-order valence-electron chi connectivity index (χ3n) is 6.34. The highest BCUT2D eigenvalue weighted by molar-refractivity contribution is 7.89. The summed E-state index contributed by atoms with van der Waals surface area (Å²) in [4.78, 5) is 25.4. The van der Waals surface area contributed by atoms with E-state index in [0.717, 1.165) is 32.1 Å². The van der Waals surface area contributed by atoms with E-state index in [0.29, 0.717) is 17.4 Å². The Balaban J connectivity index is 0.000000479. The summed E-state index contributed by atoms with van der Waals surface area (Å²) >= 11 is 0. The van der Waals surface area contributed by atoms with E-state index in [-0.39, 0.29) is 17.4 Å². The van der Waals surface area contributed by atoms with Gasteiger partial charge in [-0.05, 0) is 61.1 Å². The van der Waals surface area contributed by atoms with Crippen molar-refractivity contribution >= 4 is 21.9 Å². The van der Waals surface area contributed by atoms with Crippen LogP contribution in [0.2, 0.25) is 0 Å². The number of nitrogens with one attached hydrogen (secondary N) is 1. The van der Waals surface area contributed by atoms with Crippen LogP contribution in [0.5, 0.6) is 11.5 Å². The Morgan fingerprint density at radius 3 is 2.14 bits per heavy atom. The molecule has 202 valence electrons. The number of halogens is 3. The second kappa shape index (κ2) is 11.9. The number of amides is 1. The number of nitrogens with zero attached hydrogens (tertiary/aromatic N) is 2. The van der Waals surface area contributed by atoms with Gasteiger partial charge in [0.25, 0.3) is 5.91 Å². The number of carbonyl (C=O) groups is 2. The molecule has 1 amide bonds. The van der Waals surface area contributed by atoms with Crippen molar-refractivity contribution in [3.8, 4) is 11.5 Å². The van der Waals surface area contributed by atoms with Gasteiger partial charge in [-0.25, -0.2) is 18.7 Å². The molecule has 0 spiro atoms. The molecule has 3 atom stereocenters. The lowest BCUT2D eigenvalue weighted by atomic mass is 9.71. The number of hydrogen-bond acceptors (Lipinski definition) is 7. The molecule has 2 aromatic rings. The Morgan fingerprint density at radius 2 is 1.57 bits per heavy atom. The largest absolute Gasteiger partial charge is 0.490 e. The summed E-state index contributed by atoms with van der Waals surface area (Å²) in [7, 11) is -3.91. The fourth-order valence-corrected chi connectivity index (χ4v) is 6.32. The van der Waals surface area contributed by atoms with E-state index in [9.17, 15) is 31.6 Å². The highest BCUT2D eigenvalue weighted by Crippen LogP contribution is 2.42. The van der Waals surface area contributed by atoms with Crippen molar-refractivity contribution in [1.82, 2.24) is 14.8 Å². The van der Waals surface area contributed by atoms with Crippen LogP contribution in [0, 0.1) is 11.8 Å². The summed E-state index contributed by atoms with van der Waals surface area (Å²) in [5.41, 5.74) is 1.69. The molecule has 2 fully saturated rings. The molecule has 0 radical (unpaired) electrons. The van der Waals surface area contributed by atoms with Gasteiger partial charge in [-0.2, -0.15) is 17.5 Å². The van der Waals surface area contributed by atoms with Gasteiger partial charge in [0, 0.05) is 18.9 Å². The molecule has 3 unspecified atom stereocenters. The lowest BCUT2D eigenvalue weighted by molar-refractivity contribution is -0.192. The summed E-state index contributed by atoms with van der Waals surface area (Å²) in [6.07, 6.45) is 2.70. The molecular weight excluding hydrogens is 519 g/mol. The van der Waals surface area contributed by atoms with Gasteiger partial charge < -0.3 is 9.84 Å². The molecule has 1 aliphatic heterocycles. The Bertz CT molecular complexity index is 1180. The fourth-order valence-electron chi connectivity index (χ4n) is 4.67. The van der Waals surface area contributed by atoms with Crippen molar-refractivity contribution in [2.75, 3.05) is 6.54 Å². The van der Waals surface area contributed by atoms with Gasteiger partial charge in [0.05, 0.1) is 4.90 Å². The van der Waals surface area contributed by atoms with Gasteiger partial charge >= 0.3 is 12.1 Å². The van der Waals surface area contributed by atoms with Crippen molar-refractivity contribution in [1.29, 1.82) is 0 Å². The highest BCUT2D eigenvalue weighted by Gasteiger charge is 2.47. The molecule has 1 aromatic heterocycles. The minimum atomic E-state index is -5.08. The Morgan fingerprint density at radius 1 is 1.00 bits per heavy atom. The van der Waals surface area contributed by atoms with Crippen LogP contribution in [0.4, 0.5) is 13.2 Å². The van der Waals surface area contributed by atoms with Gasteiger partial charge in [0.1, 0.15) is 17.5 Å². The summed E-state index contributed by atoms with van der Waals surface area (Å²) in [6.45, 7) is 0.261. The van der Waals surface area contributed by atoms with E-state index in [1.807, 2.05) is 0 Å². The predicted molar refractivity (Wildman–Crippen MR) is 122 cm³/mol. The lowest BCUT2D eigenvalue weighted by Crippen LogP contribution is -2.58. The van der Waals surface area contributed by atoms with Crippen LogP contribution in [0.3, 0.4) is 0 Å². The number of aliphatic carboxylic acids is 1. The first-order valence-electron chi connectivity index (χ1n) is 11.4. The molecular formula is C23H26F3N3O7S. The second-order valence-electron chi connectivity index (χ2n) is 8.59. The predicted octanol–water partition coefficient (Wildman–Crippen LogP) is 3.58. The van der Waals surface area contributed by atoms with Crippen LogP contribution in [0.1, 0.15) is 32.1 Å². The minimum Gasteiger partial charge on any atom is -0.475 e. The number of carbonyl (C=O) groups excluding carboxylic acids is 1. The number of carboxylic acids is 1. The highest BCUT2D eigenvalue weighted by atomic mass is 32.2. The molecule has 0 bridgehead atoms. The lowest BCUT2D eigenvalue weighted by Gasteiger charge is -2.45. The quantitative estimate of drug-likeness (QED) is 0.382. The average molecular weight is 546 g/mol. The fraction of sp³-hybridized carbons (Fsp3) is 0.435. The SMILES string of the molecule is O=C(NO)C1C2CCCCC2CCN1S(=O)(=O)c1ccc(Oc2ccncc2)cc1.O=C(O)C(F)(F)F. The zero-order valence-corrected chi connectivity index (χ0v) is 20.3. The molecule has 1 aliphatic carbocycles. The number of pyridine rings is 1. The third-order valence-corrected chi connectivity index (χ3v) is 8.24. The van der Waals surface area contributed by atoms with Gasteiger partial charge in [-0.1, -0.05) is 19.3 Å². The van der Waals surface area contributed by atoms with Gasteiger partial charge in [0.15, 0.2) is 0 Å². The molecule has 14 heteroatoms. The van der Waals surface area contributed by atoms with Crippen molar-refractivity contribution in [2.24, 2.45) is 11.8 Å². The van der Waals surface area contributed by atoms with Gasteiger partial charge in [0.2, 0.25) is 10.0 Å². The molecule has 3 N–H and O–H groups in total. The molecule has 1 aromatic carbocycles. The molecule has 37 heavy (non-hydrogen) atoms. The van der Waals surface area contributed by atoms with Crippen LogP contribution >= 0.6 is 0 Å². The smallest absolute Gasteiger partial charge is 0.475 e. The number of hydroxylamine groups is 1. The number of carboxylic acid groups (broad SMARTS) is 1. The number of fused-ring (bicyclic) bond motifs is 1. The van der Waals surface area contributed by atoms with E-state index in [1.165, 1.54) is 16.4 Å². The number of rotatable bonds is 5. The summed E-state index contributed by atoms with van der Waals surface area (Å²) in [5.74, 6) is -2.09. The standard InChI is InChI=1S/C21H25N3O5S.C2HF3O2/c25-21(23-26)20-19-4-2-1-3-15(19)11-14-24(20)30(27,28)18-7-5-16(6-8-18)29-17-9-12-22-13-10-17;3-2(4,5)1(6)7/h5-10,12-13,15,19-20,26H,1-4,11,14H2,(H,23,25);(H,6,7). The van der Waals surface area contributed by atoms with E-state index in [2.05, 4.69) is 4.98 Å². The first-order valence-corrected chi connectivity index (χ1v) is 12.8. The first-order chi connectivity index (χ1) is 17.4. The summed E-state index contributed by atoms with van der Waals surface area (Å²) in [5, 5.41) is 16.4. The molecule has 10 nitrogen and oxygen atoms in total. The maximum absolute atomic E-state index is 13.4. The molecule has 4 rings (SSSR count). The van der Waals surface area contributed by atoms with E-state index in [1.54, 1.807) is 42.1 Å². The normalized spacial score (nSPS) is 22.1. The van der Waals surface area contributed by atoms with Gasteiger partial charge in [-0.15, -0.1) is 0 Å². The van der Waals surface area contributed by atoms with Crippen molar-refractivity contribution < 1.29 is 46.2 Å². The van der Waals surface area contributed by atoms with E-state index >= 15 is 0 Å². The topological polar surface area (TPSA) is 146 Å². The van der Waals surface area contributed by atoms with E-state index < -0.39 is 34.1 Å². The Kier molecular flexibility index (Phi) is 9.10. The number of hydrogen-bond donors (Lipinski definition) is 3. The zero-order chi connectivity index (χ0) is 27.2. The number of benzene rings is 1. The number of alkyl halides is 3. The maximum Gasteiger partial charge on any atom is 0.490 e. The average Bonchev–Trinajstić information content (AvgIpc) is 2.88.